The molecule has 0 bridgehead atoms. The van der Waals surface area contributed by atoms with Gasteiger partial charge in [-0.2, -0.15) is 0 Å². The smallest absolute Gasteiger partial charge is 0.338 e. The molecular weight excluding hydrogens is 520 g/mol. The van der Waals surface area contributed by atoms with Crippen molar-refractivity contribution in [1.82, 2.24) is 0 Å². The van der Waals surface area contributed by atoms with Crippen molar-refractivity contribution in [3.8, 4) is 45.3 Å². The van der Waals surface area contributed by atoms with Gasteiger partial charge in [0.1, 0.15) is 29.6 Å². The summed E-state index contributed by atoms with van der Waals surface area (Å²) in [4.78, 5) is 36.4. The van der Waals surface area contributed by atoms with Gasteiger partial charge >= 0.3 is 17.9 Å². The molecular formula is C34H32O7. The van der Waals surface area contributed by atoms with E-state index in [1.54, 1.807) is 81.4 Å². The van der Waals surface area contributed by atoms with Crippen molar-refractivity contribution in [3.05, 3.63) is 109 Å². The standard InChI is InChI=1S/C34H32O7/c1-20(2)19-38-30-17-29(25-11-15-27(16-12-25)40-33(36)22(5)6)31(41-34(37)23(7)8)18-28(30)24-9-13-26(14-10-24)39-32(35)21(3)4/h9-18H,1,3,5,7,19H2,2,4,6,8H3. The number of carbonyl (C=O) groups excluding carboxylic acids is 3. The molecule has 0 aliphatic carbocycles. The van der Waals surface area contributed by atoms with Crippen molar-refractivity contribution in [3.63, 3.8) is 0 Å². The van der Waals surface area contributed by atoms with E-state index in [1.165, 1.54) is 0 Å². The Kier molecular flexibility index (Phi) is 9.82. The lowest BCUT2D eigenvalue weighted by Crippen LogP contribution is -2.10. The molecule has 0 amide bonds. The zero-order valence-electron chi connectivity index (χ0n) is 23.7. The van der Waals surface area contributed by atoms with Crippen molar-refractivity contribution in [2.24, 2.45) is 0 Å². The fourth-order valence-corrected chi connectivity index (χ4v) is 3.40. The second kappa shape index (κ2) is 13.3. The lowest BCUT2D eigenvalue weighted by atomic mass is 9.97. The van der Waals surface area contributed by atoms with E-state index in [0.717, 1.165) is 11.1 Å². The maximum absolute atomic E-state index is 12.6. The van der Waals surface area contributed by atoms with Crippen molar-refractivity contribution < 1.29 is 33.3 Å². The van der Waals surface area contributed by atoms with Crippen molar-refractivity contribution in [2.45, 2.75) is 27.7 Å². The van der Waals surface area contributed by atoms with Gasteiger partial charge in [0, 0.05) is 27.8 Å². The molecule has 210 valence electrons. The summed E-state index contributed by atoms with van der Waals surface area (Å²) in [6.07, 6.45) is 0. The highest BCUT2D eigenvalue weighted by atomic mass is 16.5. The molecule has 7 heteroatoms. The molecule has 41 heavy (non-hydrogen) atoms. The van der Waals surface area contributed by atoms with Gasteiger partial charge in [-0.3, -0.25) is 0 Å². The first-order valence-electron chi connectivity index (χ1n) is 12.6. The quantitative estimate of drug-likeness (QED) is 0.106. The van der Waals surface area contributed by atoms with Gasteiger partial charge in [0.2, 0.25) is 0 Å². The number of hydrogen-bond acceptors (Lipinski definition) is 7. The first-order chi connectivity index (χ1) is 19.3. The lowest BCUT2D eigenvalue weighted by molar-refractivity contribution is -0.130. The van der Waals surface area contributed by atoms with Crippen LogP contribution in [0.4, 0.5) is 0 Å². The summed E-state index contributed by atoms with van der Waals surface area (Å²) in [7, 11) is 0. The largest absolute Gasteiger partial charge is 0.489 e. The minimum absolute atomic E-state index is 0.228. The Labute approximate surface area is 240 Å². The second-order valence-corrected chi connectivity index (χ2v) is 9.65. The van der Waals surface area contributed by atoms with E-state index in [4.69, 9.17) is 18.9 Å². The second-order valence-electron chi connectivity index (χ2n) is 9.65. The van der Waals surface area contributed by atoms with Crippen LogP contribution in [-0.4, -0.2) is 24.5 Å². The lowest BCUT2D eigenvalue weighted by Gasteiger charge is -2.18. The third-order valence-corrected chi connectivity index (χ3v) is 5.56. The van der Waals surface area contributed by atoms with Crippen LogP contribution in [0.3, 0.4) is 0 Å². The van der Waals surface area contributed by atoms with Crippen molar-refractivity contribution >= 4 is 17.9 Å². The van der Waals surface area contributed by atoms with E-state index < -0.39 is 17.9 Å². The molecule has 0 fully saturated rings. The third kappa shape index (κ3) is 8.16. The van der Waals surface area contributed by atoms with E-state index in [2.05, 4.69) is 26.3 Å². The highest BCUT2D eigenvalue weighted by molar-refractivity contribution is 5.92. The monoisotopic (exact) mass is 552 g/mol. The van der Waals surface area contributed by atoms with E-state index in [0.29, 0.717) is 33.9 Å². The SMILES string of the molecule is C=C(C)COc1cc(-c2ccc(OC(=O)C(=C)C)cc2)c(OC(=O)C(=C)C)cc1-c1ccc(OC(=O)C(=C)C)cc1. The number of hydrogen-bond donors (Lipinski definition) is 0. The summed E-state index contributed by atoms with van der Waals surface area (Å²) < 4.78 is 22.5. The Bertz CT molecular complexity index is 1540. The molecule has 0 atom stereocenters. The molecule has 0 N–H and O–H groups in total. The summed E-state index contributed by atoms with van der Waals surface area (Å²) in [6, 6.07) is 17.0. The molecule has 0 aliphatic heterocycles. The minimum atomic E-state index is -0.595. The molecule has 0 unspecified atom stereocenters. The third-order valence-electron chi connectivity index (χ3n) is 5.56. The minimum Gasteiger partial charge on any atom is -0.489 e. The number of rotatable bonds is 11. The maximum atomic E-state index is 12.6. The van der Waals surface area contributed by atoms with Crippen molar-refractivity contribution in [1.29, 1.82) is 0 Å². The number of carbonyl (C=O) groups is 3. The summed E-state index contributed by atoms with van der Waals surface area (Å²) >= 11 is 0. The van der Waals surface area contributed by atoms with Crippen LogP contribution in [0.15, 0.2) is 109 Å². The van der Waals surface area contributed by atoms with Crippen molar-refractivity contribution in [2.75, 3.05) is 6.61 Å². The molecule has 7 nitrogen and oxygen atoms in total. The summed E-state index contributed by atoms with van der Waals surface area (Å²) in [5.41, 5.74) is 4.18. The Hall–Kier alpha value is -5.17. The van der Waals surface area contributed by atoms with Gasteiger partial charge in [-0.05, 0) is 80.8 Å². The highest BCUT2D eigenvalue weighted by Gasteiger charge is 2.19. The van der Waals surface area contributed by atoms with Gasteiger partial charge in [0.15, 0.2) is 0 Å². The van der Waals surface area contributed by atoms with Crippen LogP contribution in [0.5, 0.6) is 23.0 Å². The molecule has 0 spiro atoms. The Morgan fingerprint density at radius 2 is 0.927 bits per heavy atom. The maximum Gasteiger partial charge on any atom is 0.338 e. The predicted octanol–water partition coefficient (Wildman–Crippen LogP) is 7.42. The van der Waals surface area contributed by atoms with E-state index >= 15 is 0 Å². The zero-order valence-corrected chi connectivity index (χ0v) is 23.7. The van der Waals surface area contributed by atoms with Gasteiger partial charge in [0.25, 0.3) is 0 Å². The fourth-order valence-electron chi connectivity index (χ4n) is 3.40. The van der Waals surface area contributed by atoms with Crippen LogP contribution in [0.2, 0.25) is 0 Å². The van der Waals surface area contributed by atoms with Crippen LogP contribution in [0.25, 0.3) is 22.3 Å². The molecule has 0 aliphatic rings. The summed E-state index contributed by atoms with van der Waals surface area (Å²) in [5.74, 6) is -0.199. The average Bonchev–Trinajstić information content (AvgIpc) is 2.92. The first-order valence-corrected chi connectivity index (χ1v) is 12.6. The highest BCUT2D eigenvalue weighted by Crippen LogP contribution is 2.42. The Morgan fingerprint density at radius 1 is 0.561 bits per heavy atom. The van der Waals surface area contributed by atoms with Crippen LogP contribution in [0, 0.1) is 0 Å². The molecule has 0 radical (unpaired) electrons. The molecule has 0 saturated carbocycles. The zero-order chi connectivity index (χ0) is 30.3. The molecule has 3 rings (SSSR count). The predicted molar refractivity (Wildman–Crippen MR) is 159 cm³/mol. The van der Waals surface area contributed by atoms with Gasteiger partial charge in [-0.25, -0.2) is 14.4 Å². The summed E-state index contributed by atoms with van der Waals surface area (Å²) in [5, 5.41) is 0. The first kappa shape index (κ1) is 30.4. The summed E-state index contributed by atoms with van der Waals surface area (Å²) in [6.45, 7) is 21.6. The fraction of sp³-hybridized carbons (Fsp3) is 0.147. The average molecular weight is 553 g/mol. The molecule has 3 aromatic rings. The normalized spacial score (nSPS) is 10.2. The Balaban J connectivity index is 2.12. The van der Waals surface area contributed by atoms with E-state index in [1.807, 2.05) is 6.92 Å². The van der Waals surface area contributed by atoms with E-state index in [9.17, 15) is 14.4 Å². The van der Waals surface area contributed by atoms with Gasteiger partial charge in [-0.15, -0.1) is 0 Å². The topological polar surface area (TPSA) is 88.1 Å². The molecule has 0 aromatic heterocycles. The Morgan fingerprint density at radius 3 is 1.32 bits per heavy atom. The van der Waals surface area contributed by atoms with Crippen LogP contribution >= 0.6 is 0 Å². The van der Waals surface area contributed by atoms with Gasteiger partial charge in [-0.1, -0.05) is 50.6 Å². The van der Waals surface area contributed by atoms with Crippen LogP contribution < -0.4 is 18.9 Å². The molecule has 3 aromatic carbocycles. The number of esters is 3. The van der Waals surface area contributed by atoms with Gasteiger partial charge in [0.05, 0.1) is 0 Å². The van der Waals surface area contributed by atoms with Crippen LogP contribution in [0.1, 0.15) is 27.7 Å². The molecule has 0 saturated heterocycles. The number of benzene rings is 3. The number of ether oxygens (including phenoxy) is 4. The molecule has 0 heterocycles. The van der Waals surface area contributed by atoms with Gasteiger partial charge < -0.3 is 18.9 Å². The van der Waals surface area contributed by atoms with Crippen LogP contribution in [-0.2, 0) is 14.4 Å². The van der Waals surface area contributed by atoms with E-state index in [-0.39, 0.29) is 29.1 Å².